The van der Waals surface area contributed by atoms with Gasteiger partial charge in [0.25, 0.3) is 0 Å². The minimum atomic E-state index is -4.66. The van der Waals surface area contributed by atoms with Gasteiger partial charge in [0, 0.05) is 0 Å². The van der Waals surface area contributed by atoms with E-state index in [1.165, 1.54) is 12.1 Å². The van der Waals surface area contributed by atoms with E-state index in [-0.39, 0.29) is 11.0 Å². The lowest BCUT2D eigenvalue weighted by Gasteiger charge is -2.14. The number of H-pyrrole nitrogens is 1. The smallest absolute Gasteiger partial charge is 0.345 e. The SMILES string of the molecule is C[C@H](NC(=O)Cn1c(C(F)(F)F)nc2ccccc21)c1nc2ccccc2[nH]1. The first kappa shape index (κ1) is 18.0. The van der Waals surface area contributed by atoms with Crippen LogP contribution in [0.15, 0.2) is 48.5 Å². The van der Waals surface area contributed by atoms with E-state index >= 15 is 0 Å². The second kappa shape index (κ2) is 6.66. The third-order valence-electron chi connectivity index (χ3n) is 4.41. The second-order valence-corrected chi connectivity index (χ2v) is 6.44. The van der Waals surface area contributed by atoms with Crippen LogP contribution in [-0.4, -0.2) is 25.4 Å². The summed E-state index contributed by atoms with van der Waals surface area (Å²) in [7, 11) is 0. The molecule has 4 aromatic rings. The third kappa shape index (κ3) is 3.30. The Morgan fingerprint density at radius 2 is 1.79 bits per heavy atom. The molecule has 1 amide bonds. The van der Waals surface area contributed by atoms with E-state index in [0.29, 0.717) is 5.82 Å². The van der Waals surface area contributed by atoms with Crippen molar-refractivity contribution in [1.82, 2.24) is 24.8 Å². The van der Waals surface area contributed by atoms with Gasteiger partial charge in [0.15, 0.2) is 0 Å². The Hall–Kier alpha value is -3.36. The van der Waals surface area contributed by atoms with Crippen LogP contribution in [-0.2, 0) is 17.5 Å². The van der Waals surface area contributed by atoms with E-state index in [0.717, 1.165) is 15.6 Å². The molecule has 2 heterocycles. The molecule has 2 N–H and O–H groups in total. The highest BCUT2D eigenvalue weighted by atomic mass is 19.4. The quantitative estimate of drug-likeness (QED) is 0.559. The van der Waals surface area contributed by atoms with E-state index in [9.17, 15) is 18.0 Å². The van der Waals surface area contributed by atoms with Crippen LogP contribution in [0.3, 0.4) is 0 Å². The summed E-state index contributed by atoms with van der Waals surface area (Å²) in [6.07, 6.45) is -4.66. The average molecular weight is 387 g/mol. The first-order valence-corrected chi connectivity index (χ1v) is 8.59. The molecule has 4 rings (SSSR count). The van der Waals surface area contributed by atoms with Gasteiger partial charge in [-0.05, 0) is 31.2 Å². The maximum atomic E-state index is 13.4. The highest BCUT2D eigenvalue weighted by Gasteiger charge is 2.38. The Balaban J connectivity index is 1.58. The minimum Gasteiger partial charge on any atom is -0.345 e. The van der Waals surface area contributed by atoms with Crippen LogP contribution in [0.4, 0.5) is 13.2 Å². The van der Waals surface area contributed by atoms with E-state index in [2.05, 4.69) is 20.3 Å². The number of hydrogen-bond acceptors (Lipinski definition) is 3. The number of alkyl halides is 3. The summed E-state index contributed by atoms with van der Waals surface area (Å²) in [5.41, 5.74) is 2.01. The average Bonchev–Trinajstić information content (AvgIpc) is 3.23. The summed E-state index contributed by atoms with van der Waals surface area (Å²) in [6.45, 7) is 1.21. The third-order valence-corrected chi connectivity index (χ3v) is 4.41. The van der Waals surface area contributed by atoms with Crippen LogP contribution >= 0.6 is 0 Å². The van der Waals surface area contributed by atoms with Crippen molar-refractivity contribution in [2.45, 2.75) is 25.7 Å². The van der Waals surface area contributed by atoms with Crippen LogP contribution in [0, 0.1) is 0 Å². The number of imidazole rings is 2. The van der Waals surface area contributed by atoms with Crippen molar-refractivity contribution in [2.75, 3.05) is 0 Å². The number of nitrogens with zero attached hydrogens (tertiary/aromatic N) is 3. The van der Waals surface area contributed by atoms with Gasteiger partial charge in [-0.25, -0.2) is 9.97 Å². The molecule has 0 radical (unpaired) electrons. The normalized spacial score (nSPS) is 13.1. The van der Waals surface area contributed by atoms with Crippen LogP contribution < -0.4 is 5.32 Å². The van der Waals surface area contributed by atoms with Gasteiger partial charge in [0.1, 0.15) is 12.4 Å². The fourth-order valence-corrected chi connectivity index (χ4v) is 3.13. The first-order valence-electron chi connectivity index (χ1n) is 8.59. The monoisotopic (exact) mass is 387 g/mol. The summed E-state index contributed by atoms with van der Waals surface area (Å²) >= 11 is 0. The molecule has 0 bridgehead atoms. The van der Waals surface area contributed by atoms with Crippen molar-refractivity contribution < 1.29 is 18.0 Å². The summed E-state index contributed by atoms with van der Waals surface area (Å²) < 4.78 is 40.9. The van der Waals surface area contributed by atoms with Crippen molar-refractivity contribution >= 4 is 28.0 Å². The largest absolute Gasteiger partial charge is 0.449 e. The summed E-state index contributed by atoms with van der Waals surface area (Å²) in [5.74, 6) is -1.14. The van der Waals surface area contributed by atoms with Crippen molar-refractivity contribution in [3.63, 3.8) is 0 Å². The molecule has 2 aromatic heterocycles. The molecule has 1 atom stereocenters. The van der Waals surface area contributed by atoms with Crippen LogP contribution in [0.5, 0.6) is 0 Å². The van der Waals surface area contributed by atoms with Gasteiger partial charge >= 0.3 is 6.18 Å². The van der Waals surface area contributed by atoms with Crippen LogP contribution in [0.1, 0.15) is 24.6 Å². The maximum Gasteiger partial charge on any atom is 0.449 e. The van der Waals surface area contributed by atoms with Gasteiger partial charge < -0.3 is 14.9 Å². The molecule has 0 aliphatic heterocycles. The molecular weight excluding hydrogens is 371 g/mol. The molecule has 6 nitrogen and oxygen atoms in total. The predicted molar refractivity (Wildman–Crippen MR) is 97.4 cm³/mol. The standard InChI is InChI=1S/C19H16F3N5O/c1-11(17-24-12-6-2-3-7-13(12)25-17)23-16(28)10-27-15-9-5-4-8-14(15)26-18(27)19(20,21)22/h2-9,11H,10H2,1H3,(H,23,28)(H,24,25)/t11-/m0/s1. The lowest BCUT2D eigenvalue weighted by molar-refractivity contribution is -0.147. The number of hydrogen-bond donors (Lipinski definition) is 2. The van der Waals surface area contributed by atoms with Gasteiger partial charge in [0.05, 0.1) is 28.1 Å². The number of aromatic amines is 1. The van der Waals surface area contributed by atoms with Crippen molar-refractivity contribution in [3.05, 3.63) is 60.2 Å². The molecule has 144 valence electrons. The molecule has 9 heteroatoms. The lowest BCUT2D eigenvalue weighted by atomic mass is 10.3. The van der Waals surface area contributed by atoms with E-state index in [1.54, 1.807) is 19.1 Å². The molecule has 0 aliphatic carbocycles. The Bertz CT molecular complexity index is 1130. The summed E-state index contributed by atoms with van der Waals surface area (Å²) in [5, 5.41) is 2.69. The van der Waals surface area contributed by atoms with Crippen LogP contribution in [0.25, 0.3) is 22.1 Å². The molecule has 28 heavy (non-hydrogen) atoms. The topological polar surface area (TPSA) is 75.6 Å². The number of benzene rings is 2. The molecule has 0 unspecified atom stereocenters. The lowest BCUT2D eigenvalue weighted by Crippen LogP contribution is -2.32. The van der Waals surface area contributed by atoms with Gasteiger partial charge in [-0.15, -0.1) is 0 Å². The Morgan fingerprint density at radius 1 is 1.11 bits per heavy atom. The van der Waals surface area contributed by atoms with Crippen molar-refractivity contribution in [2.24, 2.45) is 0 Å². The van der Waals surface area contributed by atoms with E-state index in [1.807, 2.05) is 24.3 Å². The summed E-state index contributed by atoms with van der Waals surface area (Å²) in [6, 6.07) is 13.1. The molecular formula is C19H16F3N5O. The first-order chi connectivity index (χ1) is 13.3. The van der Waals surface area contributed by atoms with Gasteiger partial charge in [-0.2, -0.15) is 13.2 Å². The number of aromatic nitrogens is 4. The number of amides is 1. The van der Waals surface area contributed by atoms with E-state index < -0.39 is 30.5 Å². The number of para-hydroxylation sites is 4. The zero-order valence-corrected chi connectivity index (χ0v) is 14.8. The number of halogens is 3. The maximum absolute atomic E-state index is 13.4. The summed E-state index contributed by atoms with van der Waals surface area (Å²) in [4.78, 5) is 23.6. The predicted octanol–water partition coefficient (Wildman–Crippen LogP) is 3.81. The zero-order chi connectivity index (χ0) is 19.9. The molecule has 0 aliphatic rings. The zero-order valence-electron chi connectivity index (χ0n) is 14.8. The number of fused-ring (bicyclic) bond motifs is 2. The molecule has 0 fully saturated rings. The highest BCUT2D eigenvalue weighted by molar-refractivity contribution is 5.81. The van der Waals surface area contributed by atoms with Crippen molar-refractivity contribution in [1.29, 1.82) is 0 Å². The minimum absolute atomic E-state index is 0.188. The fraction of sp³-hybridized carbons (Fsp3) is 0.211. The van der Waals surface area contributed by atoms with Gasteiger partial charge in [-0.1, -0.05) is 24.3 Å². The molecule has 2 aromatic carbocycles. The Morgan fingerprint density at radius 3 is 2.50 bits per heavy atom. The molecule has 0 saturated heterocycles. The van der Waals surface area contributed by atoms with E-state index in [4.69, 9.17) is 0 Å². The number of carbonyl (C=O) groups excluding carboxylic acids is 1. The molecule has 0 saturated carbocycles. The van der Waals surface area contributed by atoms with Crippen molar-refractivity contribution in [3.8, 4) is 0 Å². The fourth-order valence-electron chi connectivity index (χ4n) is 3.13. The van der Waals surface area contributed by atoms with Gasteiger partial charge in [0.2, 0.25) is 11.7 Å². The number of carbonyl (C=O) groups is 1. The molecule has 0 spiro atoms. The highest BCUT2D eigenvalue weighted by Crippen LogP contribution is 2.31. The number of rotatable bonds is 4. The Kier molecular flexibility index (Phi) is 4.29. The second-order valence-electron chi connectivity index (χ2n) is 6.44. The van der Waals surface area contributed by atoms with Gasteiger partial charge in [-0.3, -0.25) is 4.79 Å². The number of nitrogens with one attached hydrogen (secondary N) is 2. The Labute approximate surface area is 157 Å². The van der Waals surface area contributed by atoms with Crippen LogP contribution in [0.2, 0.25) is 0 Å².